The Morgan fingerprint density at radius 3 is 1.81 bits per heavy atom. The number of pyridine rings is 2. The minimum Gasteiger partial charge on any atom is -0.261 e. The molecule has 3 rings (SSSR count). The molecule has 0 radical (unpaired) electrons. The second-order valence-electron chi connectivity index (χ2n) is 7.09. The second kappa shape index (κ2) is 9.28. The molecule has 2 heteroatoms. The molecule has 0 N–H and O–H groups in total. The Morgan fingerprint density at radius 2 is 1.27 bits per heavy atom. The average Bonchev–Trinajstić information content (AvgIpc) is 2.73. The highest BCUT2D eigenvalue weighted by Crippen LogP contribution is 2.37. The lowest BCUT2D eigenvalue weighted by Crippen LogP contribution is -2.11. The van der Waals surface area contributed by atoms with Gasteiger partial charge in [-0.1, -0.05) is 56.3 Å². The number of nitrogens with zero attached hydrogens (tertiary/aromatic N) is 2. The molecule has 3 unspecified atom stereocenters. The third-order valence-electron chi connectivity index (χ3n) is 5.28. The molecule has 134 valence electrons. The highest BCUT2D eigenvalue weighted by atomic mass is 14.7. The molecule has 3 atom stereocenters. The van der Waals surface area contributed by atoms with Gasteiger partial charge in [0, 0.05) is 35.6 Å². The van der Waals surface area contributed by atoms with Crippen molar-refractivity contribution in [2.24, 2.45) is 0 Å². The van der Waals surface area contributed by atoms with E-state index in [9.17, 15) is 0 Å². The predicted molar refractivity (Wildman–Crippen MR) is 108 cm³/mol. The van der Waals surface area contributed by atoms with E-state index in [2.05, 4.69) is 78.4 Å². The SMILES string of the molecule is CCC(CC(CC(C)c1ccccc1)c1ccccn1)c1ccccn1. The molecular weight excluding hydrogens is 316 g/mol. The van der Waals surface area contributed by atoms with E-state index in [1.807, 2.05) is 24.5 Å². The standard InChI is InChI=1S/C24H28N2/c1-3-20(23-13-7-9-15-25-23)18-22(24-14-8-10-16-26-24)17-19(2)21-11-5-4-6-12-21/h4-16,19-20,22H,3,17-18H2,1-2H3. The lowest BCUT2D eigenvalue weighted by Gasteiger charge is -2.25. The highest BCUT2D eigenvalue weighted by molar-refractivity contribution is 5.21. The summed E-state index contributed by atoms with van der Waals surface area (Å²) in [7, 11) is 0. The Labute approximate surface area is 157 Å². The maximum Gasteiger partial charge on any atom is 0.0434 e. The van der Waals surface area contributed by atoms with E-state index in [4.69, 9.17) is 0 Å². The van der Waals surface area contributed by atoms with Crippen LogP contribution in [0.3, 0.4) is 0 Å². The van der Waals surface area contributed by atoms with Crippen LogP contribution in [0.1, 0.15) is 67.8 Å². The van der Waals surface area contributed by atoms with Crippen molar-refractivity contribution in [1.29, 1.82) is 0 Å². The number of aromatic nitrogens is 2. The summed E-state index contributed by atoms with van der Waals surface area (Å²) in [6, 6.07) is 23.3. The van der Waals surface area contributed by atoms with Crippen molar-refractivity contribution >= 4 is 0 Å². The third kappa shape index (κ3) is 4.78. The van der Waals surface area contributed by atoms with Crippen LogP contribution in [0.5, 0.6) is 0 Å². The van der Waals surface area contributed by atoms with Gasteiger partial charge in [0.05, 0.1) is 0 Å². The van der Waals surface area contributed by atoms with Crippen molar-refractivity contribution in [1.82, 2.24) is 9.97 Å². The van der Waals surface area contributed by atoms with Crippen molar-refractivity contribution in [3.63, 3.8) is 0 Å². The monoisotopic (exact) mass is 344 g/mol. The van der Waals surface area contributed by atoms with Crippen molar-refractivity contribution < 1.29 is 0 Å². The minimum absolute atomic E-state index is 0.429. The van der Waals surface area contributed by atoms with Crippen molar-refractivity contribution in [3.05, 3.63) is 96.1 Å². The first-order valence-corrected chi connectivity index (χ1v) is 9.64. The van der Waals surface area contributed by atoms with Gasteiger partial charge in [0.1, 0.15) is 0 Å². The quantitative estimate of drug-likeness (QED) is 0.476. The second-order valence-corrected chi connectivity index (χ2v) is 7.09. The largest absolute Gasteiger partial charge is 0.261 e. The first kappa shape index (κ1) is 18.3. The van der Waals surface area contributed by atoms with Crippen LogP contribution in [0.25, 0.3) is 0 Å². The van der Waals surface area contributed by atoms with Crippen LogP contribution in [-0.2, 0) is 0 Å². The third-order valence-corrected chi connectivity index (χ3v) is 5.28. The van der Waals surface area contributed by atoms with E-state index in [1.165, 1.54) is 17.0 Å². The van der Waals surface area contributed by atoms with Crippen molar-refractivity contribution in [2.45, 2.75) is 50.9 Å². The molecule has 0 aliphatic carbocycles. The van der Waals surface area contributed by atoms with Gasteiger partial charge in [0.15, 0.2) is 0 Å². The van der Waals surface area contributed by atoms with Gasteiger partial charge in [0.2, 0.25) is 0 Å². The first-order valence-electron chi connectivity index (χ1n) is 9.64. The summed E-state index contributed by atoms with van der Waals surface area (Å²) in [6.45, 7) is 4.59. The first-order chi connectivity index (χ1) is 12.8. The lowest BCUT2D eigenvalue weighted by molar-refractivity contribution is 0.455. The maximum atomic E-state index is 4.69. The van der Waals surface area contributed by atoms with E-state index >= 15 is 0 Å². The summed E-state index contributed by atoms with van der Waals surface area (Å²) in [5, 5.41) is 0. The number of rotatable bonds is 8. The highest BCUT2D eigenvalue weighted by Gasteiger charge is 2.22. The minimum atomic E-state index is 0.429. The zero-order valence-electron chi connectivity index (χ0n) is 15.8. The molecule has 2 aromatic heterocycles. The molecule has 26 heavy (non-hydrogen) atoms. The summed E-state index contributed by atoms with van der Waals surface area (Å²) in [6.07, 6.45) is 7.10. The summed E-state index contributed by atoms with van der Waals surface area (Å²) in [5.74, 6) is 1.40. The van der Waals surface area contributed by atoms with Gasteiger partial charge < -0.3 is 0 Å². The van der Waals surface area contributed by atoms with Gasteiger partial charge in [-0.2, -0.15) is 0 Å². The van der Waals surface area contributed by atoms with E-state index in [-0.39, 0.29) is 0 Å². The van der Waals surface area contributed by atoms with Crippen LogP contribution >= 0.6 is 0 Å². The number of benzene rings is 1. The van der Waals surface area contributed by atoms with Crippen LogP contribution < -0.4 is 0 Å². The summed E-state index contributed by atoms with van der Waals surface area (Å²) in [4.78, 5) is 9.30. The fraction of sp³-hybridized carbons (Fsp3) is 0.333. The molecule has 2 heterocycles. The maximum absolute atomic E-state index is 4.69. The molecule has 1 aromatic carbocycles. The smallest absolute Gasteiger partial charge is 0.0434 e. The molecular formula is C24H28N2. The zero-order valence-corrected chi connectivity index (χ0v) is 15.8. The van der Waals surface area contributed by atoms with Gasteiger partial charge in [0.25, 0.3) is 0 Å². The molecule has 0 saturated heterocycles. The van der Waals surface area contributed by atoms with Gasteiger partial charge in [-0.25, -0.2) is 0 Å². The van der Waals surface area contributed by atoms with Gasteiger partial charge in [-0.05, 0) is 55.0 Å². The van der Waals surface area contributed by atoms with E-state index in [0.29, 0.717) is 17.8 Å². The van der Waals surface area contributed by atoms with Crippen LogP contribution in [0.2, 0.25) is 0 Å². The molecule has 0 saturated carbocycles. The van der Waals surface area contributed by atoms with Crippen LogP contribution in [0.15, 0.2) is 79.1 Å². The average molecular weight is 345 g/mol. The Morgan fingerprint density at radius 1 is 0.692 bits per heavy atom. The van der Waals surface area contributed by atoms with Crippen LogP contribution in [0.4, 0.5) is 0 Å². The lowest BCUT2D eigenvalue weighted by atomic mass is 9.81. The molecule has 0 aliphatic rings. The number of hydrogen-bond acceptors (Lipinski definition) is 2. The van der Waals surface area contributed by atoms with E-state index in [1.54, 1.807) is 0 Å². The molecule has 2 nitrogen and oxygen atoms in total. The normalized spacial score (nSPS) is 14.5. The van der Waals surface area contributed by atoms with Gasteiger partial charge >= 0.3 is 0 Å². The van der Waals surface area contributed by atoms with Gasteiger partial charge in [-0.15, -0.1) is 0 Å². The van der Waals surface area contributed by atoms with Crippen molar-refractivity contribution in [3.8, 4) is 0 Å². The predicted octanol–water partition coefficient (Wildman–Crippen LogP) is 6.34. The van der Waals surface area contributed by atoms with Crippen LogP contribution in [-0.4, -0.2) is 9.97 Å². The Balaban J connectivity index is 1.82. The summed E-state index contributed by atoms with van der Waals surface area (Å²) >= 11 is 0. The summed E-state index contributed by atoms with van der Waals surface area (Å²) in [5.41, 5.74) is 3.80. The molecule has 0 aliphatic heterocycles. The van der Waals surface area contributed by atoms with E-state index in [0.717, 1.165) is 19.3 Å². The van der Waals surface area contributed by atoms with Gasteiger partial charge in [-0.3, -0.25) is 9.97 Å². The molecule has 0 amide bonds. The Bertz CT molecular complexity index is 756. The zero-order chi connectivity index (χ0) is 18.2. The molecule has 0 fully saturated rings. The fourth-order valence-corrected chi connectivity index (χ4v) is 3.76. The Hall–Kier alpha value is -2.48. The van der Waals surface area contributed by atoms with Crippen LogP contribution in [0, 0.1) is 0 Å². The topological polar surface area (TPSA) is 25.8 Å². The Kier molecular flexibility index (Phi) is 6.54. The molecule has 0 bridgehead atoms. The van der Waals surface area contributed by atoms with Crippen molar-refractivity contribution in [2.75, 3.05) is 0 Å². The van der Waals surface area contributed by atoms with E-state index < -0.39 is 0 Å². The molecule has 0 spiro atoms. The fourth-order valence-electron chi connectivity index (χ4n) is 3.76. The summed E-state index contributed by atoms with van der Waals surface area (Å²) < 4.78 is 0. The number of hydrogen-bond donors (Lipinski definition) is 0. The molecule has 3 aromatic rings.